The molecule has 9 heteroatoms. The normalized spacial score (nSPS) is 20.5. The van der Waals surface area contributed by atoms with Crippen LogP contribution in [-0.4, -0.2) is 54.6 Å². The minimum Gasteiger partial charge on any atom is -0.343 e. The van der Waals surface area contributed by atoms with E-state index in [2.05, 4.69) is 4.40 Å². The number of aromatic nitrogens is 1. The Hall–Kier alpha value is -2.78. The molecule has 3 aromatic rings. The summed E-state index contributed by atoms with van der Waals surface area (Å²) < 4.78 is 30.1. The number of hydrogen-bond acceptors (Lipinski definition) is 6. The average molecular weight is 455 g/mol. The smallest absolute Gasteiger partial charge is 0.285 e. The first kappa shape index (κ1) is 20.1. The zero-order valence-corrected chi connectivity index (χ0v) is 18.9. The summed E-state index contributed by atoms with van der Waals surface area (Å²) in [6.07, 6.45) is 1.47. The molecule has 160 valence electrons. The molecule has 3 heterocycles. The zero-order valence-electron chi connectivity index (χ0n) is 17.2. The van der Waals surface area contributed by atoms with Gasteiger partial charge in [0.05, 0.1) is 16.3 Å². The highest BCUT2D eigenvalue weighted by atomic mass is 32.2. The molecule has 1 fully saturated rings. The number of likely N-dealkylation sites (tertiary alicyclic amines) is 1. The van der Waals surface area contributed by atoms with Gasteiger partial charge in [0.15, 0.2) is 5.84 Å². The van der Waals surface area contributed by atoms with Crippen molar-refractivity contribution in [2.75, 3.05) is 13.6 Å². The van der Waals surface area contributed by atoms with Gasteiger partial charge < -0.3 is 9.80 Å². The molecule has 0 saturated carbocycles. The van der Waals surface area contributed by atoms with Crippen molar-refractivity contribution in [1.29, 1.82) is 0 Å². The minimum absolute atomic E-state index is 0.0475. The Labute approximate surface area is 185 Å². The van der Waals surface area contributed by atoms with Gasteiger partial charge in [0.25, 0.3) is 10.0 Å². The number of carbonyl (C=O) groups excluding carboxylic acids is 1. The summed E-state index contributed by atoms with van der Waals surface area (Å²) in [4.78, 5) is 21.9. The van der Waals surface area contributed by atoms with Gasteiger partial charge in [-0.3, -0.25) is 4.79 Å². The molecular formula is C22H22N4O3S2. The number of nitrogens with zero attached hydrogens (tertiary/aromatic N) is 4. The predicted molar refractivity (Wildman–Crippen MR) is 121 cm³/mol. The van der Waals surface area contributed by atoms with Crippen LogP contribution in [0.25, 0.3) is 10.2 Å². The second kappa shape index (κ2) is 7.42. The van der Waals surface area contributed by atoms with Crippen molar-refractivity contribution in [3.63, 3.8) is 0 Å². The number of amides is 1. The summed E-state index contributed by atoms with van der Waals surface area (Å²) in [5.74, 6) is 0.334. The van der Waals surface area contributed by atoms with E-state index in [1.807, 2.05) is 36.1 Å². The quantitative estimate of drug-likeness (QED) is 0.606. The molecule has 7 nitrogen and oxygen atoms in total. The number of sulfonamides is 1. The Morgan fingerprint density at radius 2 is 1.94 bits per heavy atom. The van der Waals surface area contributed by atoms with Crippen molar-refractivity contribution in [1.82, 2.24) is 14.8 Å². The van der Waals surface area contributed by atoms with Gasteiger partial charge >= 0.3 is 0 Å². The van der Waals surface area contributed by atoms with Gasteiger partial charge in [0, 0.05) is 19.2 Å². The van der Waals surface area contributed by atoms with Crippen LogP contribution < -0.4 is 0 Å². The highest BCUT2D eigenvalue weighted by Crippen LogP contribution is 2.33. The topological polar surface area (TPSA) is 82.9 Å². The van der Waals surface area contributed by atoms with Crippen LogP contribution in [0.4, 0.5) is 0 Å². The molecule has 5 rings (SSSR count). The predicted octanol–water partition coefficient (Wildman–Crippen LogP) is 3.43. The molecule has 0 unspecified atom stereocenters. The van der Waals surface area contributed by atoms with Crippen LogP contribution in [-0.2, 0) is 14.8 Å². The summed E-state index contributed by atoms with van der Waals surface area (Å²) in [6.45, 7) is 2.57. The molecule has 0 bridgehead atoms. The maximum atomic E-state index is 13.5. The third-order valence-corrected chi connectivity index (χ3v) is 8.55. The van der Waals surface area contributed by atoms with Gasteiger partial charge in [0.1, 0.15) is 15.9 Å². The van der Waals surface area contributed by atoms with Gasteiger partial charge in [-0.15, -0.1) is 15.7 Å². The van der Waals surface area contributed by atoms with E-state index in [-0.39, 0.29) is 16.8 Å². The number of para-hydroxylation sites is 1. The van der Waals surface area contributed by atoms with Crippen molar-refractivity contribution in [3.05, 3.63) is 59.1 Å². The third kappa shape index (κ3) is 3.32. The Balaban J connectivity index is 1.42. The number of rotatable bonds is 3. The summed E-state index contributed by atoms with van der Waals surface area (Å²) in [7, 11) is -1.93. The van der Waals surface area contributed by atoms with Crippen LogP contribution in [0, 0.1) is 0 Å². The second-order valence-corrected chi connectivity index (χ2v) is 10.5. The van der Waals surface area contributed by atoms with Gasteiger partial charge in [0.2, 0.25) is 5.91 Å². The molecule has 2 aliphatic rings. The summed E-state index contributed by atoms with van der Waals surface area (Å²) in [5.41, 5.74) is 1.50. The summed E-state index contributed by atoms with van der Waals surface area (Å²) in [6, 6.07) is 14.1. The first-order valence-corrected chi connectivity index (χ1v) is 12.5. The molecular weight excluding hydrogens is 432 g/mol. The number of thiazole rings is 1. The van der Waals surface area contributed by atoms with E-state index in [1.165, 1.54) is 0 Å². The van der Waals surface area contributed by atoms with E-state index >= 15 is 0 Å². The van der Waals surface area contributed by atoms with Crippen molar-refractivity contribution in [2.24, 2.45) is 4.40 Å². The first-order valence-electron chi connectivity index (χ1n) is 10.2. The van der Waals surface area contributed by atoms with Crippen LogP contribution in [0.3, 0.4) is 0 Å². The molecule has 2 atom stereocenters. The monoisotopic (exact) mass is 454 g/mol. The Kier molecular flexibility index (Phi) is 4.82. The van der Waals surface area contributed by atoms with Gasteiger partial charge in [-0.1, -0.05) is 24.3 Å². The van der Waals surface area contributed by atoms with Crippen LogP contribution >= 0.6 is 11.3 Å². The van der Waals surface area contributed by atoms with E-state index < -0.39 is 16.1 Å². The maximum Gasteiger partial charge on any atom is 0.285 e. The lowest BCUT2D eigenvalue weighted by atomic mass is 10.1. The van der Waals surface area contributed by atoms with Crippen LogP contribution in [0.5, 0.6) is 0 Å². The number of fused-ring (bicyclic) bond motifs is 2. The van der Waals surface area contributed by atoms with Crippen LogP contribution in [0.15, 0.2) is 57.8 Å². The fourth-order valence-corrected chi connectivity index (χ4v) is 6.51. The molecule has 31 heavy (non-hydrogen) atoms. The van der Waals surface area contributed by atoms with Gasteiger partial charge in [-0.25, -0.2) is 4.98 Å². The Morgan fingerprint density at radius 3 is 2.74 bits per heavy atom. The number of carbonyl (C=O) groups is 1. The lowest BCUT2D eigenvalue weighted by Gasteiger charge is -2.31. The zero-order chi connectivity index (χ0) is 21.8. The minimum atomic E-state index is -3.72. The molecule has 2 aromatic carbocycles. The van der Waals surface area contributed by atoms with Crippen molar-refractivity contribution >= 4 is 43.3 Å². The molecule has 2 aliphatic heterocycles. The van der Waals surface area contributed by atoms with Gasteiger partial charge in [-0.2, -0.15) is 8.42 Å². The van der Waals surface area contributed by atoms with E-state index in [9.17, 15) is 13.2 Å². The van der Waals surface area contributed by atoms with E-state index in [4.69, 9.17) is 4.98 Å². The molecule has 1 saturated heterocycles. The first-order chi connectivity index (χ1) is 14.9. The number of amidine groups is 1. The van der Waals surface area contributed by atoms with Gasteiger partial charge in [-0.05, 0) is 44.0 Å². The van der Waals surface area contributed by atoms with Crippen LogP contribution in [0.1, 0.15) is 36.4 Å². The lowest BCUT2D eigenvalue weighted by molar-refractivity contribution is -0.135. The third-order valence-electron chi connectivity index (χ3n) is 6.02. The number of likely N-dealkylation sites (N-methyl/N-ethyl adjacent to an activating group) is 1. The van der Waals surface area contributed by atoms with E-state index in [1.54, 1.807) is 47.5 Å². The van der Waals surface area contributed by atoms with Crippen molar-refractivity contribution in [3.8, 4) is 0 Å². The highest BCUT2D eigenvalue weighted by Gasteiger charge is 2.40. The molecule has 0 N–H and O–H groups in total. The largest absolute Gasteiger partial charge is 0.343 e. The molecule has 0 aliphatic carbocycles. The summed E-state index contributed by atoms with van der Waals surface area (Å²) in [5, 5.41) is 0.882. The SMILES string of the molecule is C[C@@H](c1nc2ccccc2s1)N(C)C(=O)[C@@H]1CCCN1C1=NS(=O)(=O)c2ccccc21. The number of hydrogen-bond donors (Lipinski definition) is 0. The molecule has 1 aromatic heterocycles. The van der Waals surface area contributed by atoms with E-state index in [0.29, 0.717) is 24.4 Å². The molecule has 1 amide bonds. The standard InChI is InChI=1S/C22H22N4O3S2/c1-14(21-23-16-9-4-5-11-18(16)30-21)25(2)22(27)17-10-7-13-26(17)20-15-8-3-6-12-19(15)31(28,29)24-20/h3-6,8-9,11-12,14,17H,7,10,13H2,1-2H3/t14-,17-/m0/s1. The summed E-state index contributed by atoms with van der Waals surface area (Å²) >= 11 is 1.59. The fourth-order valence-electron chi connectivity index (χ4n) is 4.23. The van der Waals surface area contributed by atoms with E-state index in [0.717, 1.165) is 21.6 Å². The Morgan fingerprint density at radius 1 is 1.19 bits per heavy atom. The second-order valence-electron chi connectivity index (χ2n) is 7.88. The molecule has 0 spiro atoms. The Bertz CT molecular complexity index is 1280. The fraction of sp³-hybridized carbons (Fsp3) is 0.318. The average Bonchev–Trinajstić information content (AvgIpc) is 3.48. The molecule has 0 radical (unpaired) electrons. The maximum absolute atomic E-state index is 13.5. The van der Waals surface area contributed by atoms with Crippen LogP contribution in [0.2, 0.25) is 0 Å². The number of benzene rings is 2. The highest BCUT2D eigenvalue weighted by molar-refractivity contribution is 7.90. The van der Waals surface area contributed by atoms with Crippen molar-refractivity contribution < 1.29 is 13.2 Å². The lowest BCUT2D eigenvalue weighted by Crippen LogP contribution is -2.47. The van der Waals surface area contributed by atoms with Crippen molar-refractivity contribution in [2.45, 2.75) is 36.7 Å².